The summed E-state index contributed by atoms with van der Waals surface area (Å²) in [6.07, 6.45) is 6.35. The van der Waals surface area contributed by atoms with Gasteiger partial charge < -0.3 is 10.0 Å². The second-order valence-electron chi connectivity index (χ2n) is 8.60. The smallest absolute Gasteiger partial charge is 0.305 e. The van der Waals surface area contributed by atoms with E-state index in [0.717, 1.165) is 11.7 Å². The molecule has 0 aromatic carbocycles. The van der Waals surface area contributed by atoms with Crippen LogP contribution in [0, 0.1) is 19.8 Å². The number of carboxylic acids is 1. The van der Waals surface area contributed by atoms with Crippen molar-refractivity contribution < 1.29 is 9.90 Å². The van der Waals surface area contributed by atoms with Crippen molar-refractivity contribution in [3.8, 4) is 0 Å². The SMILES string of the molecule is Cc1cc(CN(CCC(=O)O)c2nc(C3(CC(C)C)CCCC3)cs2)c(C)s1. The molecule has 0 radical (unpaired) electrons. The van der Waals surface area contributed by atoms with Gasteiger partial charge in [0.25, 0.3) is 0 Å². The van der Waals surface area contributed by atoms with E-state index < -0.39 is 5.97 Å². The number of thiazole rings is 1. The molecule has 1 aliphatic carbocycles. The van der Waals surface area contributed by atoms with Gasteiger partial charge in [0, 0.05) is 33.6 Å². The van der Waals surface area contributed by atoms with Crippen molar-refractivity contribution in [3.05, 3.63) is 32.5 Å². The van der Waals surface area contributed by atoms with Gasteiger partial charge in [-0.3, -0.25) is 4.79 Å². The number of rotatable bonds is 9. The summed E-state index contributed by atoms with van der Waals surface area (Å²) in [6.45, 7) is 10.1. The largest absolute Gasteiger partial charge is 0.481 e. The number of aryl methyl sites for hydroxylation is 2. The van der Waals surface area contributed by atoms with Gasteiger partial charge in [-0.05, 0) is 50.7 Å². The summed E-state index contributed by atoms with van der Waals surface area (Å²) >= 11 is 3.48. The van der Waals surface area contributed by atoms with Crippen molar-refractivity contribution >= 4 is 33.8 Å². The lowest BCUT2D eigenvalue weighted by molar-refractivity contribution is -0.136. The van der Waals surface area contributed by atoms with Crippen molar-refractivity contribution in [1.29, 1.82) is 0 Å². The average molecular weight is 421 g/mol. The van der Waals surface area contributed by atoms with Crippen molar-refractivity contribution in [1.82, 2.24) is 4.98 Å². The fourth-order valence-corrected chi connectivity index (χ4v) is 6.48. The van der Waals surface area contributed by atoms with Crippen LogP contribution in [0.15, 0.2) is 11.4 Å². The van der Waals surface area contributed by atoms with Crippen LogP contribution in [-0.2, 0) is 16.8 Å². The first-order valence-corrected chi connectivity index (χ1v) is 12.0. The summed E-state index contributed by atoms with van der Waals surface area (Å²) in [4.78, 5) is 21.1. The molecule has 1 N–H and O–H groups in total. The molecule has 1 aliphatic rings. The molecule has 2 aromatic rings. The van der Waals surface area contributed by atoms with Gasteiger partial charge >= 0.3 is 5.97 Å². The lowest BCUT2D eigenvalue weighted by Crippen LogP contribution is -2.27. The van der Waals surface area contributed by atoms with Crippen LogP contribution in [0.3, 0.4) is 0 Å². The van der Waals surface area contributed by atoms with Crippen LogP contribution in [0.4, 0.5) is 5.13 Å². The van der Waals surface area contributed by atoms with E-state index >= 15 is 0 Å². The minimum atomic E-state index is -0.757. The zero-order valence-electron chi connectivity index (χ0n) is 17.5. The highest BCUT2D eigenvalue weighted by molar-refractivity contribution is 7.13. The molecule has 1 fully saturated rings. The van der Waals surface area contributed by atoms with Crippen LogP contribution in [0.2, 0.25) is 0 Å². The maximum atomic E-state index is 11.2. The maximum Gasteiger partial charge on any atom is 0.305 e. The zero-order chi connectivity index (χ0) is 20.3. The second kappa shape index (κ2) is 8.95. The zero-order valence-corrected chi connectivity index (χ0v) is 19.1. The first kappa shape index (κ1) is 21.3. The van der Waals surface area contributed by atoms with Gasteiger partial charge in [0.05, 0.1) is 12.1 Å². The fourth-order valence-electron chi connectivity index (χ4n) is 4.57. The number of thiophene rings is 1. The Morgan fingerprint density at radius 2 is 2.04 bits per heavy atom. The van der Waals surface area contributed by atoms with Crippen molar-refractivity contribution in [2.24, 2.45) is 5.92 Å². The molecule has 0 atom stereocenters. The highest BCUT2D eigenvalue weighted by Crippen LogP contribution is 2.46. The summed E-state index contributed by atoms with van der Waals surface area (Å²) in [6, 6.07) is 2.22. The molecule has 154 valence electrons. The third kappa shape index (κ3) is 4.95. The Bertz CT molecular complexity index is 803. The van der Waals surface area contributed by atoms with Crippen molar-refractivity contribution in [3.63, 3.8) is 0 Å². The third-order valence-corrected chi connectivity index (χ3v) is 7.68. The Kier molecular flexibility index (Phi) is 6.81. The molecule has 0 amide bonds. The normalized spacial score (nSPS) is 16.0. The van der Waals surface area contributed by atoms with Gasteiger partial charge in [-0.25, -0.2) is 4.98 Å². The van der Waals surface area contributed by atoms with Crippen LogP contribution >= 0.6 is 22.7 Å². The summed E-state index contributed by atoms with van der Waals surface area (Å²) in [5.74, 6) is -0.102. The Labute approximate surface area is 176 Å². The standard InChI is InChI=1S/C22H32N2O2S2/c1-15(2)12-22(8-5-6-9-22)19-14-27-21(23-19)24(10-7-20(25)26)13-18-11-16(3)28-17(18)4/h11,14-15H,5-10,12-13H2,1-4H3,(H,25,26). The summed E-state index contributed by atoms with van der Waals surface area (Å²) in [5.41, 5.74) is 2.73. The first-order valence-electron chi connectivity index (χ1n) is 10.3. The van der Waals surface area contributed by atoms with E-state index in [1.54, 1.807) is 22.7 Å². The molecule has 3 rings (SSSR count). The van der Waals surface area contributed by atoms with E-state index in [4.69, 9.17) is 4.98 Å². The van der Waals surface area contributed by atoms with E-state index in [9.17, 15) is 9.90 Å². The van der Waals surface area contributed by atoms with Crippen LogP contribution in [0.1, 0.15) is 73.4 Å². The molecule has 0 unspecified atom stereocenters. The van der Waals surface area contributed by atoms with Crippen molar-refractivity contribution in [2.75, 3.05) is 11.4 Å². The van der Waals surface area contributed by atoms with Gasteiger partial charge in [-0.1, -0.05) is 26.7 Å². The van der Waals surface area contributed by atoms with Gasteiger partial charge in [-0.15, -0.1) is 22.7 Å². The number of carboxylic acid groups (broad SMARTS) is 1. The number of aromatic nitrogens is 1. The molecule has 0 saturated heterocycles. The highest BCUT2D eigenvalue weighted by atomic mass is 32.1. The maximum absolute atomic E-state index is 11.2. The molecule has 0 aliphatic heterocycles. The molecule has 0 bridgehead atoms. The van der Waals surface area contributed by atoms with E-state index in [1.165, 1.54) is 53.1 Å². The molecule has 1 saturated carbocycles. The van der Waals surface area contributed by atoms with Crippen molar-refractivity contribution in [2.45, 2.75) is 78.2 Å². The molecule has 4 nitrogen and oxygen atoms in total. The number of carbonyl (C=O) groups is 1. The summed E-state index contributed by atoms with van der Waals surface area (Å²) in [5, 5.41) is 12.4. The first-order chi connectivity index (χ1) is 13.3. The monoisotopic (exact) mass is 420 g/mol. The number of nitrogens with zero attached hydrogens (tertiary/aromatic N) is 2. The molecular weight excluding hydrogens is 388 g/mol. The van der Waals surface area contributed by atoms with Crippen LogP contribution in [0.5, 0.6) is 0 Å². The number of hydrogen-bond donors (Lipinski definition) is 1. The fraction of sp³-hybridized carbons (Fsp3) is 0.636. The topological polar surface area (TPSA) is 53.4 Å². The second-order valence-corrected chi connectivity index (χ2v) is 10.9. The minimum Gasteiger partial charge on any atom is -0.481 e. The molecule has 0 spiro atoms. The average Bonchev–Trinajstić information content (AvgIpc) is 3.32. The predicted octanol–water partition coefficient (Wildman–Crippen LogP) is 6.16. The summed E-state index contributed by atoms with van der Waals surface area (Å²) < 4.78 is 0. The number of aliphatic carboxylic acids is 1. The molecule has 2 aromatic heterocycles. The summed E-state index contributed by atoms with van der Waals surface area (Å²) in [7, 11) is 0. The lowest BCUT2D eigenvalue weighted by atomic mass is 9.76. The molecule has 2 heterocycles. The van der Waals surface area contributed by atoms with Gasteiger partial charge in [0.1, 0.15) is 0 Å². The van der Waals surface area contributed by atoms with Crippen LogP contribution in [-0.4, -0.2) is 22.6 Å². The van der Waals surface area contributed by atoms with E-state index in [-0.39, 0.29) is 11.8 Å². The number of anilines is 1. The molecular formula is C22H32N2O2S2. The minimum absolute atomic E-state index is 0.133. The lowest BCUT2D eigenvalue weighted by Gasteiger charge is -2.29. The van der Waals surface area contributed by atoms with Gasteiger partial charge in [0.15, 0.2) is 5.13 Å². The van der Waals surface area contributed by atoms with Gasteiger partial charge in [0.2, 0.25) is 0 Å². The Balaban J connectivity index is 1.86. The van der Waals surface area contributed by atoms with Gasteiger partial charge in [-0.2, -0.15) is 0 Å². The number of hydrogen-bond acceptors (Lipinski definition) is 5. The van der Waals surface area contributed by atoms with E-state index in [0.29, 0.717) is 12.5 Å². The van der Waals surface area contributed by atoms with Crippen LogP contribution < -0.4 is 4.90 Å². The quantitative estimate of drug-likeness (QED) is 0.528. The Hall–Kier alpha value is -1.40. The third-order valence-electron chi connectivity index (χ3n) is 5.77. The molecule has 6 heteroatoms. The molecule has 28 heavy (non-hydrogen) atoms. The Morgan fingerprint density at radius 1 is 1.32 bits per heavy atom. The Morgan fingerprint density at radius 3 is 2.61 bits per heavy atom. The highest BCUT2D eigenvalue weighted by Gasteiger charge is 2.38. The van der Waals surface area contributed by atoms with E-state index in [1.807, 2.05) is 0 Å². The van der Waals surface area contributed by atoms with E-state index in [2.05, 4.69) is 44.0 Å². The van der Waals surface area contributed by atoms with Crippen LogP contribution in [0.25, 0.3) is 0 Å². The predicted molar refractivity (Wildman–Crippen MR) is 119 cm³/mol.